The highest BCUT2D eigenvalue weighted by Gasteiger charge is 2.16. The van der Waals surface area contributed by atoms with Crippen molar-refractivity contribution in [3.05, 3.63) is 127 Å². The van der Waals surface area contributed by atoms with Gasteiger partial charge in [0.1, 0.15) is 47.7 Å². The number of aromatic nitrogens is 4. The highest BCUT2D eigenvalue weighted by atomic mass is 16.5. The van der Waals surface area contributed by atoms with E-state index in [-0.39, 0.29) is 0 Å². The van der Waals surface area contributed by atoms with Crippen molar-refractivity contribution in [3.63, 3.8) is 0 Å². The van der Waals surface area contributed by atoms with Gasteiger partial charge in [-0.2, -0.15) is 0 Å². The van der Waals surface area contributed by atoms with E-state index < -0.39 is 0 Å². The molecule has 0 spiro atoms. The normalized spacial score (nSPS) is 11.0. The minimum atomic E-state index is 0.454. The molecule has 0 aliphatic heterocycles. The summed E-state index contributed by atoms with van der Waals surface area (Å²) in [4.78, 5) is 18.5. The number of hydrogen-bond acceptors (Lipinski definition) is 9. The van der Waals surface area contributed by atoms with Gasteiger partial charge in [0.15, 0.2) is 5.58 Å². The molecule has 9 nitrogen and oxygen atoms in total. The molecule has 0 atom stereocenters. The lowest BCUT2D eigenvalue weighted by Crippen LogP contribution is -2.00. The Hall–Kier alpha value is -5.96. The van der Waals surface area contributed by atoms with E-state index in [1.165, 1.54) is 0 Å². The molecule has 0 amide bonds. The van der Waals surface area contributed by atoms with Crippen LogP contribution in [-0.4, -0.2) is 27.0 Å². The molecule has 3 aromatic carbocycles. The lowest BCUT2D eigenvalue weighted by molar-refractivity contribution is 0.305. The molecule has 0 unspecified atom stereocenters. The zero-order valence-electron chi connectivity index (χ0n) is 23.9. The highest BCUT2D eigenvalue weighted by molar-refractivity contribution is 6.01. The SMILES string of the molecule is CNc1ncc(-c2nc3cc(OCc4ccccc4)ccc3o2)c2cc(Nc3ccc(OCc4ccccc4)cn3)ncc12. The Bertz CT molecular complexity index is 2030. The van der Waals surface area contributed by atoms with E-state index in [9.17, 15) is 0 Å². The molecule has 0 fully saturated rings. The molecular weight excluding hydrogens is 552 g/mol. The largest absolute Gasteiger partial charge is 0.489 e. The molecule has 4 aromatic heterocycles. The van der Waals surface area contributed by atoms with Gasteiger partial charge in [-0.15, -0.1) is 0 Å². The average Bonchev–Trinajstić information content (AvgIpc) is 3.51. The third kappa shape index (κ3) is 5.84. The van der Waals surface area contributed by atoms with Crippen molar-refractivity contribution in [2.75, 3.05) is 17.7 Å². The summed E-state index contributed by atoms with van der Waals surface area (Å²) < 4.78 is 18.0. The van der Waals surface area contributed by atoms with Crippen LogP contribution in [0.25, 0.3) is 33.3 Å². The first-order valence-corrected chi connectivity index (χ1v) is 14.2. The van der Waals surface area contributed by atoms with Gasteiger partial charge in [-0.1, -0.05) is 60.7 Å². The van der Waals surface area contributed by atoms with Crippen molar-refractivity contribution in [3.8, 4) is 23.0 Å². The quantitative estimate of drug-likeness (QED) is 0.168. The van der Waals surface area contributed by atoms with Crippen LogP contribution < -0.4 is 20.1 Å². The average molecular weight is 581 g/mol. The monoisotopic (exact) mass is 580 g/mol. The maximum absolute atomic E-state index is 6.19. The minimum Gasteiger partial charge on any atom is -0.489 e. The van der Waals surface area contributed by atoms with E-state index in [0.29, 0.717) is 53.4 Å². The van der Waals surface area contributed by atoms with Crippen molar-refractivity contribution in [2.24, 2.45) is 0 Å². The van der Waals surface area contributed by atoms with Crippen LogP contribution in [0.2, 0.25) is 0 Å². The molecule has 4 heterocycles. The molecule has 2 N–H and O–H groups in total. The summed E-state index contributed by atoms with van der Waals surface area (Å²) in [6.07, 6.45) is 5.22. The molecule has 0 aliphatic carbocycles. The van der Waals surface area contributed by atoms with Crippen molar-refractivity contribution in [1.82, 2.24) is 19.9 Å². The Morgan fingerprint density at radius 2 is 1.36 bits per heavy atom. The lowest BCUT2D eigenvalue weighted by Gasteiger charge is -2.11. The van der Waals surface area contributed by atoms with E-state index >= 15 is 0 Å². The van der Waals surface area contributed by atoms with Gasteiger partial charge in [0.25, 0.3) is 0 Å². The maximum atomic E-state index is 6.19. The topological polar surface area (TPSA) is 107 Å². The molecule has 0 saturated heterocycles. The molecule has 9 heteroatoms. The van der Waals surface area contributed by atoms with E-state index in [1.54, 1.807) is 18.6 Å². The van der Waals surface area contributed by atoms with Crippen LogP contribution in [0.3, 0.4) is 0 Å². The third-order valence-corrected chi connectivity index (χ3v) is 7.09. The Kier molecular flexibility index (Phi) is 7.40. The summed E-state index contributed by atoms with van der Waals surface area (Å²) in [5.74, 6) is 3.81. The predicted octanol–water partition coefficient (Wildman–Crippen LogP) is 7.78. The maximum Gasteiger partial charge on any atom is 0.229 e. The van der Waals surface area contributed by atoms with Crippen molar-refractivity contribution in [1.29, 1.82) is 0 Å². The molecule has 0 aliphatic rings. The first-order chi connectivity index (χ1) is 21.7. The van der Waals surface area contributed by atoms with Crippen LogP contribution in [0.4, 0.5) is 17.5 Å². The van der Waals surface area contributed by atoms with Crippen LogP contribution in [0.15, 0.2) is 120 Å². The molecular formula is C35H28N6O3. The number of rotatable bonds is 10. The van der Waals surface area contributed by atoms with Gasteiger partial charge in [0.05, 0.1) is 11.8 Å². The van der Waals surface area contributed by atoms with Crippen molar-refractivity contribution < 1.29 is 13.9 Å². The number of benzene rings is 3. The third-order valence-electron chi connectivity index (χ3n) is 7.09. The highest BCUT2D eigenvalue weighted by Crippen LogP contribution is 2.35. The minimum absolute atomic E-state index is 0.454. The Labute approximate surface area is 253 Å². The second-order valence-electron chi connectivity index (χ2n) is 10.1. The molecule has 216 valence electrons. The van der Waals surface area contributed by atoms with Crippen LogP contribution >= 0.6 is 0 Å². The molecule has 7 rings (SSSR count). The fraction of sp³-hybridized carbons (Fsp3) is 0.0857. The summed E-state index contributed by atoms with van der Waals surface area (Å²) in [5, 5.41) is 8.14. The number of nitrogens with one attached hydrogen (secondary N) is 2. The lowest BCUT2D eigenvalue weighted by atomic mass is 10.1. The molecule has 0 radical (unpaired) electrons. The number of hydrogen-bond donors (Lipinski definition) is 2. The van der Waals surface area contributed by atoms with Gasteiger partial charge in [0, 0.05) is 36.3 Å². The summed E-state index contributed by atoms with van der Waals surface area (Å²) in [6.45, 7) is 0.947. The van der Waals surface area contributed by atoms with Gasteiger partial charge in [0.2, 0.25) is 5.89 Å². The Morgan fingerprint density at radius 1 is 0.659 bits per heavy atom. The van der Waals surface area contributed by atoms with Gasteiger partial charge in [-0.05, 0) is 41.5 Å². The Morgan fingerprint density at radius 3 is 2.07 bits per heavy atom. The van der Waals surface area contributed by atoms with Gasteiger partial charge in [-0.3, -0.25) is 0 Å². The standard InChI is InChI=1S/C35H28N6O3/c1-36-34-28-19-38-33(41-32-15-13-26(18-37-32)43-22-24-10-6-3-7-11-24)17-27(28)29(20-39-34)35-40-30-16-25(12-14-31(30)44-35)42-21-23-8-4-2-5-9-23/h2-20H,21-22H2,1H3,(H,36,39)(H,37,38,41). The fourth-order valence-electron chi connectivity index (χ4n) is 4.84. The van der Waals surface area contributed by atoms with E-state index in [1.807, 2.05) is 104 Å². The van der Waals surface area contributed by atoms with Crippen LogP contribution in [0.5, 0.6) is 11.5 Å². The number of nitrogens with zero attached hydrogens (tertiary/aromatic N) is 4. The van der Waals surface area contributed by atoms with E-state index in [0.717, 1.165) is 33.2 Å². The number of fused-ring (bicyclic) bond motifs is 2. The first-order valence-electron chi connectivity index (χ1n) is 14.2. The molecule has 44 heavy (non-hydrogen) atoms. The van der Waals surface area contributed by atoms with Crippen molar-refractivity contribution >= 4 is 39.3 Å². The molecule has 0 bridgehead atoms. The molecule has 7 aromatic rings. The number of pyridine rings is 3. The summed E-state index contributed by atoms with van der Waals surface area (Å²) in [5.41, 5.74) is 4.28. The smallest absolute Gasteiger partial charge is 0.229 e. The number of oxazole rings is 1. The second kappa shape index (κ2) is 12.1. The summed E-state index contributed by atoms with van der Waals surface area (Å²) in [7, 11) is 1.83. The number of anilines is 3. The fourth-order valence-corrected chi connectivity index (χ4v) is 4.84. The predicted molar refractivity (Wildman–Crippen MR) is 171 cm³/mol. The van der Waals surface area contributed by atoms with Crippen LogP contribution in [0.1, 0.15) is 11.1 Å². The first kappa shape index (κ1) is 26.9. The van der Waals surface area contributed by atoms with Gasteiger partial charge >= 0.3 is 0 Å². The zero-order chi connectivity index (χ0) is 29.7. The summed E-state index contributed by atoms with van der Waals surface area (Å²) >= 11 is 0. The van der Waals surface area contributed by atoms with E-state index in [4.69, 9.17) is 18.9 Å². The van der Waals surface area contributed by atoms with Crippen LogP contribution in [-0.2, 0) is 13.2 Å². The van der Waals surface area contributed by atoms with Crippen LogP contribution in [0, 0.1) is 0 Å². The number of ether oxygens (including phenoxy) is 2. The van der Waals surface area contributed by atoms with Crippen molar-refractivity contribution in [2.45, 2.75) is 13.2 Å². The second-order valence-corrected chi connectivity index (χ2v) is 10.1. The zero-order valence-corrected chi connectivity index (χ0v) is 23.9. The van der Waals surface area contributed by atoms with Gasteiger partial charge < -0.3 is 24.5 Å². The Balaban J connectivity index is 1.13. The van der Waals surface area contributed by atoms with Gasteiger partial charge in [-0.25, -0.2) is 19.9 Å². The summed E-state index contributed by atoms with van der Waals surface area (Å²) in [6, 6.07) is 31.4. The molecule has 0 saturated carbocycles. The van der Waals surface area contributed by atoms with E-state index in [2.05, 4.69) is 25.6 Å².